The van der Waals surface area contributed by atoms with Crippen molar-refractivity contribution in [3.05, 3.63) is 173 Å². The molecule has 0 bridgehead atoms. The van der Waals surface area contributed by atoms with Crippen LogP contribution in [0.5, 0.6) is 0 Å². The molecule has 1 nitrogen and oxygen atoms in total. The third-order valence-electron chi connectivity index (χ3n) is 11.2. The van der Waals surface area contributed by atoms with Gasteiger partial charge in [-0.25, -0.2) is 0 Å². The zero-order valence-corrected chi connectivity index (χ0v) is 28.3. The molecule has 7 aromatic rings. The van der Waals surface area contributed by atoms with Crippen molar-refractivity contribution in [1.29, 1.82) is 0 Å². The van der Waals surface area contributed by atoms with E-state index >= 15 is 0 Å². The standard InChI is InChI=1S/C47H39N/c1-30-12-6-9-15-37(30)31-18-20-34(21-19-31)48(36-22-24-39-38-16-10-11-17-42(38)46(2,3)45(39)29-36)35-23-25-43-41(28-35)40-26-32-13-7-8-14-33(32)27-44(40)47(43,4)5/h6-29H,1-5H3. The number of aryl methyl sites for hydroxylation is 1. The third kappa shape index (κ3) is 4.17. The van der Waals surface area contributed by atoms with Gasteiger partial charge >= 0.3 is 0 Å². The number of anilines is 3. The van der Waals surface area contributed by atoms with Crippen molar-refractivity contribution in [2.45, 2.75) is 45.4 Å². The summed E-state index contributed by atoms with van der Waals surface area (Å²) in [7, 11) is 0. The van der Waals surface area contributed by atoms with Gasteiger partial charge in [-0.05, 0) is 127 Å². The molecule has 2 aliphatic carbocycles. The Morgan fingerprint density at radius 3 is 1.65 bits per heavy atom. The molecule has 0 saturated carbocycles. The Morgan fingerprint density at radius 2 is 0.896 bits per heavy atom. The Balaban J connectivity index is 1.23. The van der Waals surface area contributed by atoms with E-state index in [-0.39, 0.29) is 10.8 Å². The normalized spacial score (nSPS) is 14.7. The lowest BCUT2D eigenvalue weighted by molar-refractivity contribution is 0.660. The predicted molar refractivity (Wildman–Crippen MR) is 204 cm³/mol. The molecular formula is C47H39N. The average molecular weight is 618 g/mol. The van der Waals surface area contributed by atoms with Crippen LogP contribution in [0.1, 0.15) is 55.5 Å². The van der Waals surface area contributed by atoms with Gasteiger partial charge in [0.05, 0.1) is 0 Å². The summed E-state index contributed by atoms with van der Waals surface area (Å²) < 4.78 is 0. The van der Waals surface area contributed by atoms with Gasteiger partial charge in [0.15, 0.2) is 0 Å². The predicted octanol–water partition coefficient (Wildman–Crippen LogP) is 12.9. The van der Waals surface area contributed by atoms with Gasteiger partial charge in [0.1, 0.15) is 0 Å². The van der Waals surface area contributed by atoms with Crippen LogP contribution in [0.3, 0.4) is 0 Å². The number of hydrogen-bond acceptors (Lipinski definition) is 1. The summed E-state index contributed by atoms with van der Waals surface area (Å²) in [5, 5.41) is 2.59. The third-order valence-corrected chi connectivity index (χ3v) is 11.2. The molecule has 232 valence electrons. The molecule has 0 N–H and O–H groups in total. The highest BCUT2D eigenvalue weighted by molar-refractivity contribution is 5.95. The van der Waals surface area contributed by atoms with Crippen molar-refractivity contribution in [2.24, 2.45) is 0 Å². The molecule has 9 rings (SSSR count). The average Bonchev–Trinajstić information content (AvgIpc) is 3.47. The van der Waals surface area contributed by atoms with Crippen molar-refractivity contribution in [3.63, 3.8) is 0 Å². The van der Waals surface area contributed by atoms with Gasteiger partial charge in [0.2, 0.25) is 0 Å². The molecule has 0 saturated heterocycles. The first-order chi connectivity index (χ1) is 23.2. The topological polar surface area (TPSA) is 3.24 Å². The van der Waals surface area contributed by atoms with Gasteiger partial charge in [0.25, 0.3) is 0 Å². The monoisotopic (exact) mass is 617 g/mol. The minimum atomic E-state index is -0.0791. The quantitative estimate of drug-likeness (QED) is 0.190. The van der Waals surface area contributed by atoms with E-state index < -0.39 is 0 Å². The molecule has 0 radical (unpaired) electrons. The fourth-order valence-electron chi connectivity index (χ4n) is 8.53. The highest BCUT2D eigenvalue weighted by atomic mass is 15.1. The van der Waals surface area contributed by atoms with Crippen LogP contribution in [0.25, 0.3) is 44.2 Å². The molecule has 0 aromatic heterocycles. The maximum atomic E-state index is 2.45. The van der Waals surface area contributed by atoms with Crippen molar-refractivity contribution < 1.29 is 0 Å². The molecule has 0 amide bonds. The van der Waals surface area contributed by atoms with Crippen molar-refractivity contribution in [1.82, 2.24) is 0 Å². The largest absolute Gasteiger partial charge is 0.310 e. The molecule has 1 heteroatoms. The molecule has 48 heavy (non-hydrogen) atoms. The fraction of sp³-hybridized carbons (Fsp3) is 0.149. The Morgan fingerprint density at radius 1 is 0.375 bits per heavy atom. The van der Waals surface area contributed by atoms with Gasteiger partial charge < -0.3 is 4.90 Å². The summed E-state index contributed by atoms with van der Waals surface area (Å²) in [6.45, 7) is 11.7. The van der Waals surface area contributed by atoms with Gasteiger partial charge in [-0.15, -0.1) is 0 Å². The minimum Gasteiger partial charge on any atom is -0.310 e. The van der Waals surface area contributed by atoms with E-state index in [1.165, 1.54) is 83.3 Å². The van der Waals surface area contributed by atoms with Crippen LogP contribution in [0.2, 0.25) is 0 Å². The molecule has 0 atom stereocenters. The van der Waals surface area contributed by atoms with Crippen LogP contribution in [-0.4, -0.2) is 0 Å². The van der Waals surface area contributed by atoms with Crippen molar-refractivity contribution in [2.75, 3.05) is 4.90 Å². The van der Waals surface area contributed by atoms with E-state index in [1.54, 1.807) is 0 Å². The van der Waals surface area contributed by atoms with E-state index in [2.05, 4.69) is 185 Å². The fourth-order valence-corrected chi connectivity index (χ4v) is 8.53. The second kappa shape index (κ2) is 10.3. The number of nitrogens with zero attached hydrogens (tertiary/aromatic N) is 1. The van der Waals surface area contributed by atoms with Crippen LogP contribution in [0, 0.1) is 6.92 Å². The van der Waals surface area contributed by atoms with Crippen molar-refractivity contribution >= 4 is 27.8 Å². The smallest absolute Gasteiger partial charge is 0.0468 e. The summed E-state index contributed by atoms with van der Waals surface area (Å²) in [5.74, 6) is 0. The van der Waals surface area contributed by atoms with Gasteiger partial charge in [-0.1, -0.05) is 125 Å². The molecule has 2 aliphatic rings. The van der Waals surface area contributed by atoms with Gasteiger partial charge in [-0.2, -0.15) is 0 Å². The maximum absolute atomic E-state index is 2.45. The van der Waals surface area contributed by atoms with Gasteiger partial charge in [-0.3, -0.25) is 0 Å². The van der Waals surface area contributed by atoms with E-state index in [0.717, 1.165) is 5.69 Å². The van der Waals surface area contributed by atoms with Crippen LogP contribution >= 0.6 is 0 Å². The van der Waals surface area contributed by atoms with Crippen LogP contribution in [0.15, 0.2) is 146 Å². The van der Waals surface area contributed by atoms with E-state index in [9.17, 15) is 0 Å². The summed E-state index contributed by atoms with van der Waals surface area (Å²) in [5.41, 5.74) is 18.1. The highest BCUT2D eigenvalue weighted by Gasteiger charge is 2.38. The number of fused-ring (bicyclic) bond motifs is 7. The van der Waals surface area contributed by atoms with Crippen LogP contribution < -0.4 is 4.90 Å². The first-order valence-corrected chi connectivity index (χ1v) is 17.1. The summed E-state index contributed by atoms with van der Waals surface area (Å²) in [6.07, 6.45) is 0. The van der Waals surface area contributed by atoms with E-state index in [4.69, 9.17) is 0 Å². The molecular weight excluding hydrogens is 579 g/mol. The zero-order valence-electron chi connectivity index (χ0n) is 28.3. The van der Waals surface area contributed by atoms with E-state index in [1.807, 2.05) is 0 Å². The zero-order chi connectivity index (χ0) is 32.8. The molecule has 0 aliphatic heterocycles. The second-order valence-corrected chi connectivity index (χ2v) is 14.7. The van der Waals surface area contributed by atoms with Gasteiger partial charge in [0, 0.05) is 27.9 Å². The van der Waals surface area contributed by atoms with Crippen molar-refractivity contribution in [3.8, 4) is 33.4 Å². The Hall–Kier alpha value is -5.40. The number of benzene rings is 7. The Labute approximate surface area is 284 Å². The summed E-state index contributed by atoms with van der Waals surface area (Å²) >= 11 is 0. The van der Waals surface area contributed by atoms with Crippen LogP contribution in [0.4, 0.5) is 17.1 Å². The molecule has 0 heterocycles. The maximum Gasteiger partial charge on any atom is 0.0468 e. The molecule has 7 aromatic carbocycles. The number of rotatable bonds is 4. The lowest BCUT2D eigenvalue weighted by Crippen LogP contribution is -2.17. The van der Waals surface area contributed by atoms with Crippen LogP contribution in [-0.2, 0) is 10.8 Å². The lowest BCUT2D eigenvalue weighted by Gasteiger charge is -2.29. The number of hydrogen-bond donors (Lipinski definition) is 0. The highest BCUT2D eigenvalue weighted by Crippen LogP contribution is 2.53. The minimum absolute atomic E-state index is 0.0728. The summed E-state index contributed by atoms with van der Waals surface area (Å²) in [4.78, 5) is 2.45. The molecule has 0 unspecified atom stereocenters. The lowest BCUT2D eigenvalue weighted by atomic mass is 9.82. The molecule has 0 spiro atoms. The second-order valence-electron chi connectivity index (χ2n) is 14.7. The SMILES string of the molecule is Cc1ccccc1-c1ccc(N(c2ccc3c(c2)-c2cc4ccccc4cc2C3(C)C)c2ccc3c(c2)C(C)(C)c2ccccc2-3)cc1. The summed E-state index contributed by atoms with van der Waals surface area (Å²) in [6, 6.07) is 54.4. The molecule has 0 fully saturated rings. The van der Waals surface area contributed by atoms with E-state index in [0.29, 0.717) is 0 Å². The Kier molecular flexibility index (Phi) is 6.18. The Bertz CT molecular complexity index is 2410. The first kappa shape index (κ1) is 28.8. The first-order valence-electron chi connectivity index (χ1n) is 17.1.